The van der Waals surface area contributed by atoms with Gasteiger partial charge in [0.05, 0.1) is 11.8 Å². The fourth-order valence-corrected chi connectivity index (χ4v) is 0.416. The molecule has 0 saturated heterocycles. The molecule has 0 saturated carbocycles. The van der Waals surface area contributed by atoms with Crippen molar-refractivity contribution in [1.29, 1.82) is 0 Å². The van der Waals surface area contributed by atoms with E-state index in [-0.39, 0.29) is 4.32 Å². The summed E-state index contributed by atoms with van der Waals surface area (Å²) in [6.07, 6.45) is -4.58. The van der Waals surface area contributed by atoms with E-state index in [0.29, 0.717) is 0 Å². The standard InChI is InChI=1S/C2ClF3N4/c3-10-8-1(7-9-10)2(4,5)6. The maximum absolute atomic E-state index is 11.6. The summed E-state index contributed by atoms with van der Waals surface area (Å²) in [6.45, 7) is 0. The molecule has 4 nitrogen and oxygen atoms in total. The molecule has 0 aliphatic heterocycles. The maximum Gasteiger partial charge on any atom is 0.455 e. The van der Waals surface area contributed by atoms with Gasteiger partial charge < -0.3 is 0 Å². The Balaban J connectivity index is 2.96. The van der Waals surface area contributed by atoms with Crippen LogP contribution in [0.3, 0.4) is 0 Å². The summed E-state index contributed by atoms with van der Waals surface area (Å²) in [7, 11) is 0. The zero-order chi connectivity index (χ0) is 7.78. The van der Waals surface area contributed by atoms with Gasteiger partial charge in [0.25, 0.3) is 5.82 Å². The minimum atomic E-state index is -4.58. The van der Waals surface area contributed by atoms with Gasteiger partial charge in [0.1, 0.15) is 0 Å². The Labute approximate surface area is 57.7 Å². The van der Waals surface area contributed by atoms with Gasteiger partial charge in [-0.3, -0.25) is 0 Å². The average molecular weight is 172 g/mol. The van der Waals surface area contributed by atoms with E-state index in [4.69, 9.17) is 11.8 Å². The van der Waals surface area contributed by atoms with Crippen LogP contribution in [0.5, 0.6) is 0 Å². The van der Waals surface area contributed by atoms with Gasteiger partial charge >= 0.3 is 6.18 Å². The smallest absolute Gasteiger partial charge is 0.163 e. The molecule has 0 radical (unpaired) electrons. The second-order valence-electron chi connectivity index (χ2n) is 1.35. The molecule has 0 spiro atoms. The van der Waals surface area contributed by atoms with Gasteiger partial charge in [-0.25, -0.2) is 0 Å². The summed E-state index contributed by atoms with van der Waals surface area (Å²) in [5, 5.41) is 8.13. The lowest BCUT2D eigenvalue weighted by atomic mass is 10.6. The van der Waals surface area contributed by atoms with Gasteiger partial charge in [0.15, 0.2) is 0 Å². The van der Waals surface area contributed by atoms with Gasteiger partial charge in [-0.1, -0.05) is 4.32 Å². The van der Waals surface area contributed by atoms with Crippen LogP contribution in [0.1, 0.15) is 5.82 Å². The first-order chi connectivity index (χ1) is 4.50. The normalized spacial score (nSPS) is 12.0. The van der Waals surface area contributed by atoms with Gasteiger partial charge in [-0.05, 0) is 5.21 Å². The number of nitrogens with zero attached hydrogens (tertiary/aromatic N) is 4. The molecule has 1 aromatic rings. The zero-order valence-electron chi connectivity index (χ0n) is 4.30. The molecule has 56 valence electrons. The second kappa shape index (κ2) is 2.08. The SMILES string of the molecule is FC(F)(F)c1nnn(Cl)n1. The number of aromatic nitrogens is 4. The van der Waals surface area contributed by atoms with E-state index in [1.165, 1.54) is 0 Å². The van der Waals surface area contributed by atoms with Crippen LogP contribution in [0, 0.1) is 0 Å². The molecule has 1 aromatic heterocycles. The third-order valence-corrected chi connectivity index (χ3v) is 0.787. The van der Waals surface area contributed by atoms with Crippen LogP contribution in [0.15, 0.2) is 0 Å². The highest BCUT2D eigenvalue weighted by atomic mass is 35.5. The number of hydrogen-bond donors (Lipinski definition) is 0. The van der Waals surface area contributed by atoms with E-state index in [2.05, 4.69) is 15.4 Å². The summed E-state index contributed by atoms with van der Waals surface area (Å²) >= 11 is 4.90. The number of halogens is 4. The van der Waals surface area contributed by atoms with E-state index in [1.807, 2.05) is 0 Å². The first kappa shape index (κ1) is 7.26. The highest BCUT2D eigenvalue weighted by molar-refractivity contribution is 6.13. The van der Waals surface area contributed by atoms with Crippen molar-refractivity contribution in [2.45, 2.75) is 6.18 Å². The summed E-state index contributed by atoms with van der Waals surface area (Å²) in [5.74, 6) is -1.34. The van der Waals surface area contributed by atoms with Crippen molar-refractivity contribution in [2.24, 2.45) is 0 Å². The fraction of sp³-hybridized carbons (Fsp3) is 0.500. The fourth-order valence-electron chi connectivity index (χ4n) is 0.311. The molecule has 0 atom stereocenters. The lowest BCUT2D eigenvalue weighted by Gasteiger charge is -1.95. The molecule has 1 heterocycles. The highest BCUT2D eigenvalue weighted by Crippen LogP contribution is 2.24. The van der Waals surface area contributed by atoms with Gasteiger partial charge in [0, 0.05) is 0 Å². The lowest BCUT2D eigenvalue weighted by Crippen LogP contribution is -2.07. The van der Waals surface area contributed by atoms with Gasteiger partial charge in [-0.2, -0.15) is 13.2 Å². The van der Waals surface area contributed by atoms with Crippen LogP contribution < -0.4 is 0 Å². The monoisotopic (exact) mass is 172 g/mol. The van der Waals surface area contributed by atoms with Crippen LogP contribution in [0.4, 0.5) is 13.2 Å². The van der Waals surface area contributed by atoms with Crippen LogP contribution in [-0.4, -0.2) is 19.7 Å². The predicted octanol–water partition coefficient (Wildman–Crippen LogP) is 0.694. The third kappa shape index (κ3) is 1.35. The Morgan fingerprint density at radius 1 is 1.40 bits per heavy atom. The largest absolute Gasteiger partial charge is 0.455 e. The third-order valence-electron chi connectivity index (χ3n) is 0.644. The Hall–Kier alpha value is -0.850. The van der Waals surface area contributed by atoms with Crippen molar-refractivity contribution >= 4 is 11.8 Å². The van der Waals surface area contributed by atoms with Crippen molar-refractivity contribution in [1.82, 2.24) is 19.7 Å². The zero-order valence-corrected chi connectivity index (χ0v) is 5.06. The Kier molecular flexibility index (Phi) is 1.51. The molecule has 0 aromatic carbocycles. The Morgan fingerprint density at radius 3 is 2.20 bits per heavy atom. The maximum atomic E-state index is 11.6. The second-order valence-corrected chi connectivity index (χ2v) is 1.65. The quantitative estimate of drug-likeness (QED) is 0.578. The molecule has 0 aliphatic rings. The van der Waals surface area contributed by atoms with E-state index >= 15 is 0 Å². The highest BCUT2D eigenvalue weighted by Gasteiger charge is 2.36. The van der Waals surface area contributed by atoms with E-state index in [1.54, 1.807) is 0 Å². The van der Waals surface area contributed by atoms with Crippen LogP contribution in [0.25, 0.3) is 0 Å². The molecule has 10 heavy (non-hydrogen) atoms. The van der Waals surface area contributed by atoms with Crippen LogP contribution in [-0.2, 0) is 6.18 Å². The topological polar surface area (TPSA) is 43.6 Å². The Morgan fingerprint density at radius 2 is 2.00 bits per heavy atom. The number of rotatable bonds is 0. The van der Waals surface area contributed by atoms with Crippen molar-refractivity contribution in [2.75, 3.05) is 0 Å². The molecule has 0 N–H and O–H groups in total. The molecule has 0 amide bonds. The van der Waals surface area contributed by atoms with Gasteiger partial charge in [0.2, 0.25) is 0 Å². The molecule has 8 heteroatoms. The van der Waals surface area contributed by atoms with Crippen LogP contribution in [0.2, 0.25) is 0 Å². The lowest BCUT2D eigenvalue weighted by molar-refractivity contribution is -0.145. The average Bonchev–Trinajstić information content (AvgIpc) is 2.11. The van der Waals surface area contributed by atoms with Crippen molar-refractivity contribution in [3.63, 3.8) is 0 Å². The first-order valence-corrected chi connectivity index (χ1v) is 2.37. The number of tetrazole rings is 1. The molecule has 0 fully saturated rings. The van der Waals surface area contributed by atoms with E-state index in [0.717, 1.165) is 0 Å². The Bertz CT molecular complexity index is 229. The first-order valence-electron chi connectivity index (χ1n) is 2.03. The predicted molar refractivity (Wildman–Crippen MR) is 24.1 cm³/mol. The summed E-state index contributed by atoms with van der Waals surface area (Å²) in [4.78, 5) is 0. The number of alkyl halides is 3. The summed E-state index contributed by atoms with van der Waals surface area (Å²) < 4.78 is 34.9. The molecular weight excluding hydrogens is 172 g/mol. The van der Waals surface area contributed by atoms with Crippen LogP contribution >= 0.6 is 11.8 Å². The summed E-state index contributed by atoms with van der Waals surface area (Å²) in [6, 6.07) is 0. The number of hydrogen-bond acceptors (Lipinski definition) is 3. The van der Waals surface area contributed by atoms with Gasteiger partial charge in [-0.15, -0.1) is 10.2 Å². The van der Waals surface area contributed by atoms with Crippen molar-refractivity contribution in [3.05, 3.63) is 5.82 Å². The molecule has 0 bridgehead atoms. The molecule has 1 rings (SSSR count). The summed E-state index contributed by atoms with van der Waals surface area (Å²) in [5.41, 5.74) is 0. The molecule has 0 unspecified atom stereocenters. The van der Waals surface area contributed by atoms with Crippen molar-refractivity contribution in [3.8, 4) is 0 Å². The van der Waals surface area contributed by atoms with Crippen molar-refractivity contribution < 1.29 is 13.2 Å². The molecule has 0 aliphatic carbocycles. The van der Waals surface area contributed by atoms with E-state index in [9.17, 15) is 13.2 Å². The molecular formula is C2ClF3N4. The minimum Gasteiger partial charge on any atom is -0.163 e. The van der Waals surface area contributed by atoms with E-state index < -0.39 is 12.0 Å². The minimum absolute atomic E-state index is 0.225.